The third kappa shape index (κ3) is 8.54. The molecule has 0 spiro atoms. The summed E-state index contributed by atoms with van der Waals surface area (Å²) in [5.41, 5.74) is 2.13. The van der Waals surface area contributed by atoms with Crippen molar-refractivity contribution in [2.75, 3.05) is 58.5 Å². The molecule has 37 heavy (non-hydrogen) atoms. The first-order valence-corrected chi connectivity index (χ1v) is 13.0. The van der Waals surface area contributed by atoms with Crippen molar-refractivity contribution >= 4 is 17.5 Å². The highest BCUT2D eigenvalue weighted by Gasteiger charge is 2.24. The van der Waals surface area contributed by atoms with Crippen LogP contribution in [0.2, 0.25) is 0 Å². The van der Waals surface area contributed by atoms with Gasteiger partial charge in [-0.25, -0.2) is 4.39 Å². The van der Waals surface area contributed by atoms with Gasteiger partial charge in [-0.15, -0.1) is 0 Å². The zero-order valence-corrected chi connectivity index (χ0v) is 22.5. The Balaban J connectivity index is 1.92. The Morgan fingerprint density at radius 3 is 2.30 bits per heavy atom. The summed E-state index contributed by atoms with van der Waals surface area (Å²) in [6.07, 6.45) is 1.84. The van der Waals surface area contributed by atoms with Crippen LogP contribution in [0.15, 0.2) is 42.5 Å². The standard InChI is InChI=1S/C29H40FN3O4/c1-22(2)19-31-13-5-15-32(28(34)17-23-7-10-26(37-4)11-8-23)20-24-18-25(30)9-12-27(24)33(16-6-14-31)29(35)21-36-3/h7-12,18,22H,5-6,13-17,19-21H2,1-4H3. The number of rotatable bonds is 7. The maximum atomic E-state index is 14.4. The molecule has 7 nitrogen and oxygen atoms in total. The van der Waals surface area contributed by atoms with E-state index in [-0.39, 0.29) is 31.4 Å². The van der Waals surface area contributed by atoms with Gasteiger partial charge in [0.2, 0.25) is 5.91 Å². The molecule has 0 aromatic heterocycles. The number of hydrogen-bond acceptors (Lipinski definition) is 5. The molecule has 0 unspecified atom stereocenters. The molecule has 0 saturated heterocycles. The van der Waals surface area contributed by atoms with E-state index in [4.69, 9.17) is 9.47 Å². The van der Waals surface area contributed by atoms with Crippen molar-refractivity contribution in [1.29, 1.82) is 0 Å². The van der Waals surface area contributed by atoms with E-state index in [1.54, 1.807) is 23.0 Å². The van der Waals surface area contributed by atoms with E-state index in [0.717, 1.165) is 43.8 Å². The summed E-state index contributed by atoms with van der Waals surface area (Å²) >= 11 is 0. The number of fused-ring (bicyclic) bond motifs is 1. The van der Waals surface area contributed by atoms with Gasteiger partial charge in [0.15, 0.2) is 0 Å². The summed E-state index contributed by atoms with van der Waals surface area (Å²) in [6, 6.07) is 11.9. The molecule has 1 heterocycles. The molecule has 2 aromatic carbocycles. The van der Waals surface area contributed by atoms with Gasteiger partial charge in [-0.2, -0.15) is 0 Å². The van der Waals surface area contributed by atoms with Crippen LogP contribution in [0.3, 0.4) is 0 Å². The van der Waals surface area contributed by atoms with Gasteiger partial charge in [-0.05, 0) is 73.3 Å². The number of benzene rings is 2. The van der Waals surface area contributed by atoms with E-state index in [0.29, 0.717) is 30.3 Å². The second kappa shape index (κ2) is 14.1. The highest BCUT2D eigenvalue weighted by atomic mass is 19.1. The lowest BCUT2D eigenvalue weighted by Crippen LogP contribution is -2.41. The molecule has 0 aliphatic carbocycles. The molecule has 8 heteroatoms. The number of ether oxygens (including phenoxy) is 2. The maximum Gasteiger partial charge on any atom is 0.252 e. The molecule has 2 amide bonds. The minimum absolute atomic E-state index is 0.0392. The van der Waals surface area contributed by atoms with Crippen molar-refractivity contribution in [2.45, 2.75) is 39.7 Å². The second-order valence-corrected chi connectivity index (χ2v) is 9.99. The van der Waals surface area contributed by atoms with E-state index >= 15 is 0 Å². The predicted molar refractivity (Wildman–Crippen MR) is 143 cm³/mol. The Hall–Kier alpha value is -2.97. The van der Waals surface area contributed by atoms with Crippen molar-refractivity contribution in [3.8, 4) is 5.75 Å². The van der Waals surface area contributed by atoms with Crippen molar-refractivity contribution in [3.63, 3.8) is 0 Å². The molecule has 1 aliphatic rings. The van der Waals surface area contributed by atoms with Gasteiger partial charge in [0.1, 0.15) is 18.2 Å². The molecule has 0 atom stereocenters. The number of carbonyl (C=O) groups excluding carboxylic acids is 2. The van der Waals surface area contributed by atoms with Crippen LogP contribution in [0.4, 0.5) is 10.1 Å². The number of nitrogens with zero attached hydrogens (tertiary/aromatic N) is 3. The Morgan fingerprint density at radius 1 is 0.946 bits per heavy atom. The van der Waals surface area contributed by atoms with Crippen molar-refractivity contribution in [2.24, 2.45) is 5.92 Å². The lowest BCUT2D eigenvalue weighted by molar-refractivity contribution is -0.131. The van der Waals surface area contributed by atoms with Crippen LogP contribution in [0, 0.1) is 11.7 Å². The summed E-state index contributed by atoms with van der Waals surface area (Å²) in [7, 11) is 3.10. The van der Waals surface area contributed by atoms with Gasteiger partial charge < -0.3 is 24.2 Å². The van der Waals surface area contributed by atoms with Gasteiger partial charge in [0, 0.05) is 39.0 Å². The molecule has 0 saturated carbocycles. The van der Waals surface area contributed by atoms with E-state index < -0.39 is 5.82 Å². The van der Waals surface area contributed by atoms with Crippen LogP contribution in [0.5, 0.6) is 5.75 Å². The fourth-order valence-electron chi connectivity index (χ4n) is 4.80. The third-order valence-electron chi connectivity index (χ3n) is 6.51. The molecule has 2 aromatic rings. The van der Waals surface area contributed by atoms with Crippen LogP contribution < -0.4 is 9.64 Å². The molecule has 202 valence electrons. The Labute approximate surface area is 220 Å². The predicted octanol–water partition coefficient (Wildman–Crippen LogP) is 4.14. The molecule has 0 radical (unpaired) electrons. The number of methoxy groups -OCH3 is 2. The highest BCUT2D eigenvalue weighted by Crippen LogP contribution is 2.26. The van der Waals surface area contributed by atoms with Gasteiger partial charge in [-0.3, -0.25) is 9.59 Å². The van der Waals surface area contributed by atoms with Crippen LogP contribution in [-0.4, -0.2) is 75.2 Å². The first kappa shape index (κ1) is 28.6. The third-order valence-corrected chi connectivity index (χ3v) is 6.51. The molecular weight excluding hydrogens is 473 g/mol. The van der Waals surface area contributed by atoms with Crippen molar-refractivity contribution in [1.82, 2.24) is 9.80 Å². The summed E-state index contributed by atoms with van der Waals surface area (Å²) in [5.74, 6) is 0.630. The summed E-state index contributed by atoms with van der Waals surface area (Å²) < 4.78 is 24.8. The quantitative estimate of drug-likeness (QED) is 0.557. The summed E-state index contributed by atoms with van der Waals surface area (Å²) in [4.78, 5) is 32.4. The van der Waals surface area contributed by atoms with Gasteiger partial charge >= 0.3 is 0 Å². The van der Waals surface area contributed by atoms with Gasteiger partial charge in [-0.1, -0.05) is 26.0 Å². The van der Waals surface area contributed by atoms with Crippen molar-refractivity contribution < 1.29 is 23.5 Å². The SMILES string of the molecule is COCC(=O)N1CCCN(CC(C)C)CCCN(C(=O)Cc2ccc(OC)cc2)Cc2cc(F)ccc21. The van der Waals surface area contributed by atoms with E-state index in [9.17, 15) is 14.0 Å². The number of amides is 2. The Kier molecular flexibility index (Phi) is 10.9. The minimum Gasteiger partial charge on any atom is -0.497 e. The first-order chi connectivity index (χ1) is 17.8. The van der Waals surface area contributed by atoms with Gasteiger partial charge in [0.25, 0.3) is 5.91 Å². The van der Waals surface area contributed by atoms with E-state index in [1.807, 2.05) is 24.3 Å². The van der Waals surface area contributed by atoms with Crippen LogP contribution in [0.1, 0.15) is 37.8 Å². The monoisotopic (exact) mass is 513 g/mol. The van der Waals surface area contributed by atoms with Crippen LogP contribution in [0.25, 0.3) is 0 Å². The average molecular weight is 514 g/mol. The fourth-order valence-corrected chi connectivity index (χ4v) is 4.80. The number of hydrogen-bond donors (Lipinski definition) is 0. The smallest absolute Gasteiger partial charge is 0.252 e. The van der Waals surface area contributed by atoms with E-state index in [1.165, 1.54) is 19.2 Å². The minimum atomic E-state index is -0.393. The maximum absolute atomic E-state index is 14.4. The van der Waals surface area contributed by atoms with Crippen molar-refractivity contribution in [3.05, 3.63) is 59.4 Å². The highest BCUT2D eigenvalue weighted by molar-refractivity contribution is 5.95. The summed E-state index contributed by atoms with van der Waals surface area (Å²) in [5, 5.41) is 0. The van der Waals surface area contributed by atoms with Crippen LogP contribution in [-0.2, 0) is 27.3 Å². The normalized spacial score (nSPS) is 15.6. The molecule has 0 fully saturated rings. The Morgan fingerprint density at radius 2 is 1.65 bits per heavy atom. The number of halogens is 1. The van der Waals surface area contributed by atoms with Gasteiger partial charge in [0.05, 0.1) is 13.5 Å². The Bertz CT molecular complexity index is 1030. The fraction of sp³-hybridized carbons (Fsp3) is 0.517. The number of carbonyl (C=O) groups is 2. The molecule has 1 aliphatic heterocycles. The topological polar surface area (TPSA) is 62.3 Å². The first-order valence-electron chi connectivity index (χ1n) is 13.0. The molecule has 0 N–H and O–H groups in total. The largest absolute Gasteiger partial charge is 0.497 e. The van der Waals surface area contributed by atoms with E-state index in [2.05, 4.69) is 18.7 Å². The number of anilines is 1. The summed E-state index contributed by atoms with van der Waals surface area (Å²) in [6.45, 7) is 8.24. The lowest BCUT2D eigenvalue weighted by Gasteiger charge is -2.32. The zero-order valence-electron chi connectivity index (χ0n) is 22.5. The molecular formula is C29H40FN3O4. The molecule has 0 bridgehead atoms. The van der Waals surface area contributed by atoms with Crippen LogP contribution >= 0.6 is 0 Å². The zero-order chi connectivity index (χ0) is 26.8. The lowest BCUT2D eigenvalue weighted by atomic mass is 10.1. The second-order valence-electron chi connectivity index (χ2n) is 9.99. The molecule has 3 rings (SSSR count). The average Bonchev–Trinajstić information content (AvgIpc) is 2.86.